The van der Waals surface area contributed by atoms with Crippen LogP contribution in [0.1, 0.15) is 17.2 Å². The first-order valence-electron chi connectivity index (χ1n) is 8.83. The Balaban J connectivity index is 1.44. The van der Waals surface area contributed by atoms with E-state index in [2.05, 4.69) is 16.7 Å². The van der Waals surface area contributed by atoms with Crippen molar-refractivity contribution in [1.82, 2.24) is 10.6 Å². The normalized spacial score (nSPS) is 16.1. The second kappa shape index (κ2) is 7.70. The van der Waals surface area contributed by atoms with E-state index in [1.807, 2.05) is 53.9 Å². The van der Waals surface area contributed by atoms with Crippen LogP contribution in [0, 0.1) is 0 Å². The summed E-state index contributed by atoms with van der Waals surface area (Å²) in [5.41, 5.74) is 2.52. The van der Waals surface area contributed by atoms with Crippen molar-refractivity contribution in [2.45, 2.75) is 12.6 Å². The molecule has 28 heavy (non-hydrogen) atoms. The largest absolute Gasteiger partial charge is 0.509 e. The summed E-state index contributed by atoms with van der Waals surface area (Å²) in [7, 11) is 0. The molecule has 0 spiro atoms. The molecule has 1 atom stereocenters. The van der Waals surface area contributed by atoms with E-state index in [1.165, 1.54) is 4.88 Å². The summed E-state index contributed by atoms with van der Waals surface area (Å²) in [6.45, 7) is 0.267. The minimum atomic E-state index is -0.695. The maximum Gasteiger partial charge on any atom is 0.261 e. The van der Waals surface area contributed by atoms with E-state index in [4.69, 9.17) is 0 Å². The van der Waals surface area contributed by atoms with Crippen LogP contribution < -0.4 is 10.6 Å². The number of hydrogen-bond donors (Lipinski definition) is 3. The monoisotopic (exact) mass is 390 g/mol. The molecule has 0 radical (unpaired) electrons. The number of thiophene rings is 1. The standard InChI is InChI=1S/C22H18N2O3S/c25-20-18(22(27)24-19(20)16-5-2-1-3-6-16)21(26)23-13-14-8-10-15(11-9-14)17-7-4-12-28-17/h1-12,19,25H,13H2,(H,23,26)(H,24,27). The van der Waals surface area contributed by atoms with Gasteiger partial charge in [-0.25, -0.2) is 0 Å². The first-order chi connectivity index (χ1) is 13.6. The lowest BCUT2D eigenvalue weighted by Gasteiger charge is -2.10. The predicted molar refractivity (Wildman–Crippen MR) is 109 cm³/mol. The van der Waals surface area contributed by atoms with Gasteiger partial charge in [-0.05, 0) is 28.1 Å². The Kier molecular flexibility index (Phi) is 4.95. The van der Waals surface area contributed by atoms with Crippen molar-refractivity contribution in [3.63, 3.8) is 0 Å². The molecule has 1 unspecified atom stereocenters. The Bertz CT molecular complexity index is 1030. The highest BCUT2D eigenvalue weighted by Gasteiger charge is 2.36. The lowest BCUT2D eigenvalue weighted by molar-refractivity contribution is -0.123. The van der Waals surface area contributed by atoms with Crippen molar-refractivity contribution in [2.24, 2.45) is 0 Å². The zero-order valence-corrected chi connectivity index (χ0v) is 15.7. The number of benzene rings is 2. The molecule has 3 N–H and O–H groups in total. The van der Waals surface area contributed by atoms with Gasteiger partial charge < -0.3 is 15.7 Å². The van der Waals surface area contributed by atoms with E-state index in [-0.39, 0.29) is 17.9 Å². The molecule has 2 amide bonds. The van der Waals surface area contributed by atoms with Crippen LogP contribution in [0.2, 0.25) is 0 Å². The third kappa shape index (κ3) is 3.54. The molecular weight excluding hydrogens is 372 g/mol. The van der Waals surface area contributed by atoms with Crippen LogP contribution in [0.3, 0.4) is 0 Å². The molecule has 1 aliphatic rings. The number of rotatable bonds is 5. The molecule has 2 heterocycles. The number of nitrogens with one attached hydrogen (secondary N) is 2. The molecule has 0 saturated carbocycles. The highest BCUT2D eigenvalue weighted by atomic mass is 32.1. The molecular formula is C22H18N2O3S. The average molecular weight is 390 g/mol. The van der Waals surface area contributed by atoms with Crippen LogP contribution >= 0.6 is 11.3 Å². The van der Waals surface area contributed by atoms with Crippen molar-refractivity contribution in [2.75, 3.05) is 0 Å². The lowest BCUT2D eigenvalue weighted by Crippen LogP contribution is -2.30. The number of amides is 2. The second-order valence-corrected chi connectivity index (χ2v) is 7.38. The zero-order valence-electron chi connectivity index (χ0n) is 14.9. The van der Waals surface area contributed by atoms with Crippen molar-refractivity contribution in [1.29, 1.82) is 0 Å². The van der Waals surface area contributed by atoms with E-state index >= 15 is 0 Å². The molecule has 2 aromatic carbocycles. The fourth-order valence-electron chi connectivity index (χ4n) is 3.14. The van der Waals surface area contributed by atoms with Crippen molar-refractivity contribution >= 4 is 23.2 Å². The van der Waals surface area contributed by atoms with E-state index in [1.54, 1.807) is 23.5 Å². The Morgan fingerprint density at radius 2 is 1.79 bits per heavy atom. The Hall–Kier alpha value is -3.38. The highest BCUT2D eigenvalue weighted by molar-refractivity contribution is 7.13. The van der Waals surface area contributed by atoms with Gasteiger partial charge in [0.15, 0.2) is 0 Å². The Labute approximate surface area is 166 Å². The van der Waals surface area contributed by atoms with Gasteiger partial charge >= 0.3 is 0 Å². The molecule has 3 aromatic rings. The molecule has 1 aliphatic heterocycles. The average Bonchev–Trinajstić information content (AvgIpc) is 3.35. The van der Waals surface area contributed by atoms with Gasteiger partial charge in [0, 0.05) is 11.4 Å². The summed E-state index contributed by atoms with van der Waals surface area (Å²) in [5.74, 6) is -1.41. The summed E-state index contributed by atoms with van der Waals surface area (Å²) in [5, 5.41) is 17.8. The third-order valence-corrected chi connectivity index (χ3v) is 5.52. The first kappa shape index (κ1) is 18.0. The SMILES string of the molecule is O=C(NCc1ccc(-c2cccs2)cc1)C1=C(O)C(c2ccccc2)NC1=O. The van der Waals surface area contributed by atoms with E-state index in [0.29, 0.717) is 0 Å². The third-order valence-electron chi connectivity index (χ3n) is 4.60. The molecule has 6 heteroatoms. The molecule has 0 fully saturated rings. The van der Waals surface area contributed by atoms with Gasteiger partial charge in [-0.2, -0.15) is 0 Å². The number of aliphatic hydroxyl groups excluding tert-OH is 1. The van der Waals surface area contributed by atoms with Crippen molar-refractivity contribution < 1.29 is 14.7 Å². The quantitative estimate of drug-likeness (QED) is 0.581. The van der Waals surface area contributed by atoms with E-state index in [0.717, 1.165) is 16.7 Å². The summed E-state index contributed by atoms with van der Waals surface area (Å²) in [6, 6.07) is 20.3. The van der Waals surface area contributed by atoms with E-state index in [9.17, 15) is 14.7 Å². The maximum atomic E-state index is 12.5. The topological polar surface area (TPSA) is 78.4 Å². The van der Waals surface area contributed by atoms with Gasteiger partial charge in [-0.3, -0.25) is 9.59 Å². The van der Waals surface area contributed by atoms with E-state index < -0.39 is 17.9 Å². The van der Waals surface area contributed by atoms with Gasteiger partial charge in [0.05, 0.1) is 0 Å². The van der Waals surface area contributed by atoms with Crippen molar-refractivity contribution in [3.05, 3.63) is 94.6 Å². The summed E-state index contributed by atoms with van der Waals surface area (Å²) in [4.78, 5) is 25.9. The molecule has 5 nitrogen and oxygen atoms in total. The smallest absolute Gasteiger partial charge is 0.261 e. The summed E-state index contributed by atoms with van der Waals surface area (Å²) in [6.07, 6.45) is 0. The Morgan fingerprint density at radius 1 is 1.04 bits per heavy atom. The number of carbonyl (C=O) groups is 2. The number of aliphatic hydroxyl groups is 1. The summed E-state index contributed by atoms with van der Waals surface area (Å²) >= 11 is 1.67. The van der Waals surface area contributed by atoms with Gasteiger partial charge in [0.2, 0.25) is 0 Å². The predicted octanol–water partition coefficient (Wildman–Crippen LogP) is 3.71. The zero-order chi connectivity index (χ0) is 19.5. The number of carbonyl (C=O) groups excluding carboxylic acids is 2. The highest BCUT2D eigenvalue weighted by Crippen LogP contribution is 2.28. The van der Waals surface area contributed by atoms with Crippen LogP contribution in [0.5, 0.6) is 0 Å². The fraction of sp³-hybridized carbons (Fsp3) is 0.0909. The van der Waals surface area contributed by atoms with Crippen LogP contribution in [0.25, 0.3) is 10.4 Å². The van der Waals surface area contributed by atoms with Crippen LogP contribution in [0.15, 0.2) is 83.4 Å². The molecule has 0 aliphatic carbocycles. The molecule has 1 aromatic heterocycles. The van der Waals surface area contributed by atoms with Crippen LogP contribution in [-0.2, 0) is 16.1 Å². The first-order valence-corrected chi connectivity index (χ1v) is 9.71. The maximum absolute atomic E-state index is 12.5. The molecule has 0 bridgehead atoms. The number of hydrogen-bond acceptors (Lipinski definition) is 4. The Morgan fingerprint density at radius 3 is 2.46 bits per heavy atom. The van der Waals surface area contributed by atoms with Crippen molar-refractivity contribution in [3.8, 4) is 10.4 Å². The second-order valence-electron chi connectivity index (χ2n) is 6.43. The fourth-order valence-corrected chi connectivity index (χ4v) is 3.87. The van der Waals surface area contributed by atoms with Gasteiger partial charge in [-0.15, -0.1) is 11.3 Å². The minimum Gasteiger partial charge on any atom is -0.509 e. The van der Waals surface area contributed by atoms with Gasteiger partial charge in [-0.1, -0.05) is 60.7 Å². The van der Waals surface area contributed by atoms with Crippen LogP contribution in [0.4, 0.5) is 0 Å². The van der Waals surface area contributed by atoms with Gasteiger partial charge in [0.25, 0.3) is 11.8 Å². The molecule has 0 saturated heterocycles. The van der Waals surface area contributed by atoms with Crippen LogP contribution in [-0.4, -0.2) is 16.9 Å². The minimum absolute atomic E-state index is 0.232. The lowest BCUT2D eigenvalue weighted by atomic mass is 10.1. The molecule has 140 valence electrons. The van der Waals surface area contributed by atoms with Gasteiger partial charge in [0.1, 0.15) is 17.4 Å². The summed E-state index contributed by atoms with van der Waals surface area (Å²) < 4.78 is 0. The molecule has 4 rings (SSSR count).